The molecule has 2 bridgehead atoms. The summed E-state index contributed by atoms with van der Waals surface area (Å²) in [7, 11) is 2.13. The van der Waals surface area contributed by atoms with E-state index in [0.717, 1.165) is 70.8 Å². The third-order valence-electron chi connectivity index (χ3n) is 8.78. The summed E-state index contributed by atoms with van der Waals surface area (Å²) in [5.41, 5.74) is 8.74. The highest BCUT2D eigenvalue weighted by molar-refractivity contribution is 9.11. The van der Waals surface area contributed by atoms with Crippen molar-refractivity contribution < 1.29 is 24.5 Å². The molecule has 3 heterocycles. The van der Waals surface area contributed by atoms with Crippen LogP contribution in [0, 0.1) is 0 Å². The molecule has 8 nitrogen and oxygen atoms in total. The van der Waals surface area contributed by atoms with Gasteiger partial charge in [-0.2, -0.15) is 0 Å². The molecular formula is C30H40Br2ClN3O5. The molecule has 6 rings (SSSR count). The Balaban J connectivity index is 0.000000188. The molecule has 0 amide bonds. The van der Waals surface area contributed by atoms with E-state index in [1.54, 1.807) is 0 Å². The van der Waals surface area contributed by atoms with Crippen LogP contribution in [0.3, 0.4) is 0 Å². The number of esters is 1. The first-order valence-electron chi connectivity index (χ1n) is 14.1. The number of carbonyl (C=O) groups excluding carboxylic acids is 1. The highest BCUT2D eigenvalue weighted by atomic mass is 79.9. The molecule has 11 heteroatoms. The molecule has 1 saturated carbocycles. The summed E-state index contributed by atoms with van der Waals surface area (Å²) in [5.74, 6) is -0.915. The number of fused-ring (bicyclic) bond motifs is 5. The molecule has 0 spiro atoms. The Labute approximate surface area is 265 Å². The van der Waals surface area contributed by atoms with Crippen LogP contribution in [0.2, 0.25) is 0 Å². The maximum atomic E-state index is 12.4. The molecule has 5 N–H and O–H groups in total. The molecule has 3 aliphatic heterocycles. The van der Waals surface area contributed by atoms with Crippen molar-refractivity contribution in [3.63, 3.8) is 0 Å². The quantitative estimate of drug-likeness (QED) is 0.188. The van der Waals surface area contributed by atoms with Crippen molar-refractivity contribution in [2.45, 2.75) is 93.5 Å². The second kappa shape index (κ2) is 14.5. The minimum Gasteiger partial charge on any atom is -0.462 e. The normalized spacial score (nSPS) is 30.7. The number of ether oxygens (including phenoxy) is 2. The maximum absolute atomic E-state index is 12.4. The second-order valence-corrected chi connectivity index (χ2v) is 13.2. The minimum absolute atomic E-state index is 0. The van der Waals surface area contributed by atoms with E-state index in [0.29, 0.717) is 30.3 Å². The lowest BCUT2D eigenvalue weighted by molar-refractivity contribution is -0.156. The number of hydrogen-bond acceptors (Lipinski definition) is 8. The summed E-state index contributed by atoms with van der Waals surface area (Å²) >= 11 is 6.93. The van der Waals surface area contributed by atoms with E-state index in [-0.39, 0.29) is 37.2 Å². The number of halogens is 3. The van der Waals surface area contributed by atoms with E-state index >= 15 is 0 Å². The molecule has 2 aromatic carbocycles. The van der Waals surface area contributed by atoms with Crippen LogP contribution in [-0.4, -0.2) is 77.3 Å². The lowest BCUT2D eigenvalue weighted by atomic mass is 9.93. The lowest BCUT2D eigenvalue weighted by Gasteiger charge is -2.38. The van der Waals surface area contributed by atoms with Gasteiger partial charge in [0, 0.05) is 46.5 Å². The summed E-state index contributed by atoms with van der Waals surface area (Å²) in [5, 5.41) is 22.5. The zero-order valence-corrected chi connectivity index (χ0v) is 27.1. The van der Waals surface area contributed by atoms with Crippen LogP contribution < -0.4 is 11.1 Å². The van der Waals surface area contributed by atoms with Crippen LogP contribution in [0.4, 0.5) is 5.69 Å². The first-order chi connectivity index (χ1) is 19.2. The van der Waals surface area contributed by atoms with Gasteiger partial charge in [0.2, 0.25) is 0 Å². The number of nitrogens with two attached hydrogens (primary N) is 1. The van der Waals surface area contributed by atoms with Gasteiger partial charge in [-0.05, 0) is 71.9 Å². The molecule has 0 aromatic heterocycles. The van der Waals surface area contributed by atoms with Crippen molar-refractivity contribution in [2.24, 2.45) is 0 Å². The topological polar surface area (TPSA) is 121 Å². The number of morpholine rings is 1. The van der Waals surface area contributed by atoms with Crippen molar-refractivity contribution in [3.8, 4) is 0 Å². The number of likely N-dealkylation sites (N-methyl/N-ethyl adjacent to an activating group) is 1. The van der Waals surface area contributed by atoms with Gasteiger partial charge in [0.15, 0.2) is 0 Å². The molecular weight excluding hydrogens is 678 g/mol. The molecule has 2 aromatic rings. The first kappa shape index (κ1) is 32.7. The zero-order valence-electron chi connectivity index (χ0n) is 23.1. The molecule has 1 aliphatic carbocycles. The number of rotatable bonds is 7. The number of anilines is 1. The number of aliphatic hydroxyl groups excluding tert-OH is 2. The molecule has 6 atom stereocenters. The number of nitrogen functional groups attached to an aromatic ring is 1. The summed E-state index contributed by atoms with van der Waals surface area (Å²) in [6, 6.07) is 14.6. The maximum Gasteiger partial charge on any atom is 0.316 e. The smallest absolute Gasteiger partial charge is 0.316 e. The predicted octanol–water partition coefficient (Wildman–Crippen LogP) is 4.53. The average molecular weight is 718 g/mol. The molecule has 1 unspecified atom stereocenters. The number of epoxide rings is 1. The Morgan fingerprint density at radius 2 is 1.76 bits per heavy atom. The number of nitrogens with one attached hydrogen (secondary N) is 1. The third kappa shape index (κ3) is 7.84. The van der Waals surface area contributed by atoms with E-state index < -0.39 is 5.92 Å². The lowest BCUT2D eigenvalue weighted by Crippen LogP contribution is -2.48. The Bertz CT molecular complexity index is 1150. The van der Waals surface area contributed by atoms with Gasteiger partial charge in [-0.1, -0.05) is 46.3 Å². The fraction of sp³-hybridized carbons (Fsp3) is 0.567. The van der Waals surface area contributed by atoms with Crippen LogP contribution in [0.5, 0.6) is 0 Å². The van der Waals surface area contributed by atoms with Crippen molar-refractivity contribution >= 4 is 55.9 Å². The van der Waals surface area contributed by atoms with Gasteiger partial charge in [-0.3, -0.25) is 9.69 Å². The molecule has 226 valence electrons. The zero-order chi connectivity index (χ0) is 28.4. The SMILES string of the molecule is CN1[C@@H]2CC(OC(=O)[C@H](CO)c3ccccc3)C[C@H]1[C@@H]1O[C@@H]12.Cl.Nc1c(Br)cc(Br)cc1CNC1CCC(O)CC1. The number of benzene rings is 2. The predicted molar refractivity (Wildman–Crippen MR) is 168 cm³/mol. The Morgan fingerprint density at radius 3 is 2.37 bits per heavy atom. The van der Waals surface area contributed by atoms with Crippen LogP contribution >= 0.6 is 44.3 Å². The van der Waals surface area contributed by atoms with Crippen molar-refractivity contribution in [1.29, 1.82) is 0 Å². The number of aliphatic hydroxyl groups is 2. The largest absolute Gasteiger partial charge is 0.462 e. The van der Waals surface area contributed by atoms with Crippen LogP contribution in [-0.2, 0) is 20.8 Å². The van der Waals surface area contributed by atoms with Gasteiger partial charge >= 0.3 is 5.97 Å². The van der Waals surface area contributed by atoms with Gasteiger partial charge in [-0.25, -0.2) is 0 Å². The molecule has 3 saturated heterocycles. The number of nitrogens with zero attached hydrogens (tertiary/aromatic N) is 1. The van der Waals surface area contributed by atoms with E-state index in [2.05, 4.69) is 49.1 Å². The fourth-order valence-corrected chi connectivity index (χ4v) is 7.68. The van der Waals surface area contributed by atoms with E-state index in [1.807, 2.05) is 42.5 Å². The number of piperidine rings is 1. The van der Waals surface area contributed by atoms with E-state index in [9.17, 15) is 15.0 Å². The standard InChI is InChI=1S/C17H21NO4.C13H18Br2N2O.ClH/c1-18-13-7-11(8-14(18)16-15(13)22-16)21-17(20)12(9-19)10-5-3-2-4-6-10;14-9-5-8(13(16)12(15)6-9)7-17-10-1-3-11(18)4-2-10;/h2-6,11-16,19H,7-9H2,1H3;5-6,10-11,17-18H,1-4,7,16H2;1H/t11?,12-,13-,14+,15-,16+;;/m1../s1. The summed E-state index contributed by atoms with van der Waals surface area (Å²) in [4.78, 5) is 14.8. The molecule has 41 heavy (non-hydrogen) atoms. The Morgan fingerprint density at radius 1 is 1.12 bits per heavy atom. The van der Waals surface area contributed by atoms with Crippen LogP contribution in [0.25, 0.3) is 0 Å². The highest BCUT2D eigenvalue weighted by Gasteiger charge is 2.62. The van der Waals surface area contributed by atoms with Gasteiger partial charge in [0.25, 0.3) is 0 Å². The van der Waals surface area contributed by atoms with Crippen molar-refractivity contribution in [1.82, 2.24) is 10.2 Å². The fourth-order valence-electron chi connectivity index (χ4n) is 6.36. The first-order valence-corrected chi connectivity index (χ1v) is 15.7. The summed E-state index contributed by atoms with van der Waals surface area (Å²) in [6.07, 6.45) is 6.03. The number of carbonyl (C=O) groups is 1. The minimum atomic E-state index is -0.593. The van der Waals surface area contributed by atoms with Crippen LogP contribution in [0.1, 0.15) is 55.6 Å². The van der Waals surface area contributed by atoms with Crippen molar-refractivity contribution in [3.05, 3.63) is 62.5 Å². The summed E-state index contributed by atoms with van der Waals surface area (Å²) in [6.45, 7) is 0.543. The van der Waals surface area contributed by atoms with Crippen LogP contribution in [0.15, 0.2) is 51.4 Å². The Kier molecular flexibility index (Phi) is 11.5. The molecule has 4 aliphatic rings. The number of hydrogen-bond donors (Lipinski definition) is 4. The average Bonchev–Trinajstić information content (AvgIpc) is 3.71. The van der Waals surface area contributed by atoms with Gasteiger partial charge in [-0.15, -0.1) is 12.4 Å². The Hall–Kier alpha value is -1.24. The summed E-state index contributed by atoms with van der Waals surface area (Å²) < 4.78 is 13.3. The molecule has 4 fully saturated rings. The van der Waals surface area contributed by atoms with E-state index in [1.165, 1.54) is 0 Å². The van der Waals surface area contributed by atoms with E-state index in [4.69, 9.17) is 15.2 Å². The third-order valence-corrected chi connectivity index (χ3v) is 9.90. The van der Waals surface area contributed by atoms with Gasteiger partial charge < -0.3 is 30.7 Å². The molecule has 0 radical (unpaired) electrons. The van der Waals surface area contributed by atoms with Gasteiger partial charge in [0.05, 0.1) is 18.4 Å². The second-order valence-electron chi connectivity index (χ2n) is 11.4. The van der Waals surface area contributed by atoms with Crippen molar-refractivity contribution in [2.75, 3.05) is 19.4 Å². The highest BCUT2D eigenvalue weighted by Crippen LogP contribution is 2.48. The monoisotopic (exact) mass is 715 g/mol. The van der Waals surface area contributed by atoms with Gasteiger partial charge in [0.1, 0.15) is 24.2 Å².